The minimum absolute atomic E-state index is 0.0254. The molecule has 0 aromatic heterocycles. The molecule has 0 heterocycles. The molecule has 1 unspecified atom stereocenters. The molecule has 34 heavy (non-hydrogen) atoms. The number of fused-ring (bicyclic) bond motifs is 4. The third kappa shape index (κ3) is 3.69. The Balaban J connectivity index is 1.64. The van der Waals surface area contributed by atoms with E-state index in [4.69, 9.17) is 5.26 Å². The van der Waals surface area contributed by atoms with Crippen molar-refractivity contribution in [2.24, 2.45) is 39.4 Å². The number of hydrogen-bond donors (Lipinski definition) is 3. The summed E-state index contributed by atoms with van der Waals surface area (Å²) in [5.41, 5.74) is 3.22. The quantitative estimate of drug-likeness (QED) is 0.230. The van der Waals surface area contributed by atoms with Crippen LogP contribution in [0.15, 0.2) is 23.3 Å². The van der Waals surface area contributed by atoms with Crippen molar-refractivity contribution in [2.75, 3.05) is 0 Å². The Morgan fingerprint density at radius 1 is 0.971 bits per heavy atom. The van der Waals surface area contributed by atoms with E-state index in [1.807, 2.05) is 6.08 Å². The van der Waals surface area contributed by atoms with Crippen LogP contribution in [0.25, 0.3) is 0 Å². The fourth-order valence-corrected chi connectivity index (χ4v) is 9.33. The predicted octanol–water partition coefficient (Wildman–Crippen LogP) is 6.92. The normalized spacial score (nSPS) is 43.9. The molecule has 4 aliphatic carbocycles. The summed E-state index contributed by atoms with van der Waals surface area (Å²) in [7, 11) is 0. The molecule has 194 valence electrons. The van der Waals surface area contributed by atoms with Crippen molar-refractivity contribution < 1.29 is 20.4 Å². The molecule has 0 bridgehead atoms. The number of aliphatic hydroxyl groups excluding tert-OH is 2. The Morgan fingerprint density at radius 3 is 2.29 bits per heavy atom. The maximum absolute atomic E-state index is 11.1. The van der Waals surface area contributed by atoms with Gasteiger partial charge in [0.15, 0.2) is 0 Å². The van der Waals surface area contributed by atoms with Gasteiger partial charge in [-0.2, -0.15) is 0 Å². The van der Waals surface area contributed by atoms with Gasteiger partial charge < -0.3 is 10.2 Å². The second-order valence-corrected chi connectivity index (χ2v) is 14.1. The van der Waals surface area contributed by atoms with E-state index in [0.717, 1.165) is 19.3 Å². The third-order valence-electron chi connectivity index (χ3n) is 11.9. The second kappa shape index (κ2) is 8.43. The lowest BCUT2D eigenvalue weighted by Gasteiger charge is -2.62. The molecule has 0 radical (unpaired) electrons. The first-order valence-corrected chi connectivity index (χ1v) is 13.7. The standard InChI is InChI=1S/C30H50O4/c1-19(23(31)13-15-26(2,3)34-33)20-11-17-30(8)22-9-10-24-27(4,5)25(32)14-16-28(24,6)21(22)12-18-29(20,30)7/h13,15,19-20,23-25,31-33H,9-12,14,16-18H2,1-8H3/b15-13+/t19-,20+,23+,24?,25-,28+,29+,30-/m0/s1. The van der Waals surface area contributed by atoms with Crippen LogP contribution in [0, 0.1) is 39.4 Å². The van der Waals surface area contributed by atoms with E-state index < -0.39 is 11.7 Å². The highest BCUT2D eigenvalue weighted by Gasteiger charge is 2.63. The summed E-state index contributed by atoms with van der Waals surface area (Å²) >= 11 is 0. The van der Waals surface area contributed by atoms with E-state index in [1.165, 1.54) is 32.1 Å². The van der Waals surface area contributed by atoms with Crippen LogP contribution >= 0.6 is 0 Å². The van der Waals surface area contributed by atoms with Crippen LogP contribution < -0.4 is 0 Å². The van der Waals surface area contributed by atoms with Gasteiger partial charge in [-0.25, -0.2) is 4.89 Å². The Bertz CT molecular complexity index is 856. The van der Waals surface area contributed by atoms with Gasteiger partial charge in [0, 0.05) is 0 Å². The molecule has 0 aromatic rings. The molecular formula is C30H50O4. The van der Waals surface area contributed by atoms with Crippen LogP contribution in [0.1, 0.15) is 107 Å². The van der Waals surface area contributed by atoms with Gasteiger partial charge in [0.2, 0.25) is 0 Å². The van der Waals surface area contributed by atoms with Gasteiger partial charge >= 0.3 is 0 Å². The third-order valence-corrected chi connectivity index (χ3v) is 11.9. The number of allylic oxidation sites excluding steroid dienone is 2. The molecule has 0 aliphatic heterocycles. The average Bonchev–Trinajstić information content (AvgIpc) is 3.06. The van der Waals surface area contributed by atoms with Gasteiger partial charge in [0.25, 0.3) is 0 Å². The van der Waals surface area contributed by atoms with Gasteiger partial charge in [0.05, 0.1) is 12.2 Å². The van der Waals surface area contributed by atoms with Crippen molar-refractivity contribution >= 4 is 0 Å². The molecule has 0 amide bonds. The minimum atomic E-state index is -0.797. The number of hydrogen-bond acceptors (Lipinski definition) is 4. The Labute approximate surface area is 207 Å². The Morgan fingerprint density at radius 2 is 1.65 bits per heavy atom. The largest absolute Gasteiger partial charge is 0.393 e. The molecule has 0 saturated heterocycles. The first-order chi connectivity index (χ1) is 15.6. The van der Waals surface area contributed by atoms with E-state index in [0.29, 0.717) is 11.8 Å². The second-order valence-electron chi connectivity index (χ2n) is 14.1. The smallest absolute Gasteiger partial charge is 0.116 e. The molecule has 4 aliphatic rings. The van der Waals surface area contributed by atoms with Crippen LogP contribution in [0.4, 0.5) is 0 Å². The first-order valence-electron chi connectivity index (χ1n) is 13.7. The topological polar surface area (TPSA) is 69.9 Å². The van der Waals surface area contributed by atoms with E-state index in [2.05, 4.69) is 46.4 Å². The Kier molecular flexibility index (Phi) is 6.54. The van der Waals surface area contributed by atoms with Crippen molar-refractivity contribution in [3.63, 3.8) is 0 Å². The number of aliphatic hydroxyl groups is 2. The van der Waals surface area contributed by atoms with E-state index in [-0.39, 0.29) is 33.7 Å². The minimum Gasteiger partial charge on any atom is -0.393 e. The first kappa shape index (κ1) is 26.4. The molecular weight excluding hydrogens is 424 g/mol. The monoisotopic (exact) mass is 474 g/mol. The average molecular weight is 475 g/mol. The van der Waals surface area contributed by atoms with Crippen molar-refractivity contribution in [3.8, 4) is 0 Å². The molecule has 0 spiro atoms. The summed E-state index contributed by atoms with van der Waals surface area (Å²) in [5, 5.41) is 31.0. The van der Waals surface area contributed by atoms with Crippen molar-refractivity contribution in [1.82, 2.24) is 0 Å². The van der Waals surface area contributed by atoms with Gasteiger partial charge in [-0.05, 0) is 105 Å². The van der Waals surface area contributed by atoms with Crippen LogP contribution in [0.3, 0.4) is 0 Å². The highest BCUT2D eigenvalue weighted by molar-refractivity contribution is 5.38. The van der Waals surface area contributed by atoms with Crippen LogP contribution in [-0.4, -0.2) is 33.3 Å². The summed E-state index contributed by atoms with van der Waals surface area (Å²) in [6, 6.07) is 0. The van der Waals surface area contributed by atoms with E-state index in [1.54, 1.807) is 31.1 Å². The fourth-order valence-electron chi connectivity index (χ4n) is 9.33. The highest BCUT2D eigenvalue weighted by atomic mass is 17.1. The zero-order valence-corrected chi connectivity index (χ0v) is 22.9. The molecule has 8 atom stereocenters. The van der Waals surface area contributed by atoms with Gasteiger partial charge in [-0.15, -0.1) is 0 Å². The van der Waals surface area contributed by atoms with Gasteiger partial charge in [0.1, 0.15) is 5.60 Å². The molecule has 2 fully saturated rings. The SMILES string of the molecule is C[C@H]([C@H](O)/C=C/C(C)(C)OO)[C@H]1CC[C@@]2(C)C3=C(CC[C@]12C)[C@@]1(C)CC[C@H](O)C(C)(C)C1CC3. The molecule has 4 rings (SSSR count). The molecule has 2 saturated carbocycles. The summed E-state index contributed by atoms with van der Waals surface area (Å²) in [5.74, 6) is 1.16. The van der Waals surface area contributed by atoms with Crippen LogP contribution in [-0.2, 0) is 4.89 Å². The van der Waals surface area contributed by atoms with Crippen LogP contribution in [0.2, 0.25) is 0 Å². The summed E-state index contributed by atoms with van der Waals surface area (Å²) in [6.07, 6.45) is 11.9. The lowest BCUT2D eigenvalue weighted by Crippen LogP contribution is -2.55. The van der Waals surface area contributed by atoms with E-state index in [9.17, 15) is 10.2 Å². The maximum atomic E-state index is 11.1. The molecule has 4 heteroatoms. The van der Waals surface area contributed by atoms with Crippen LogP contribution in [0.5, 0.6) is 0 Å². The molecule has 4 nitrogen and oxygen atoms in total. The predicted molar refractivity (Wildman–Crippen MR) is 137 cm³/mol. The van der Waals surface area contributed by atoms with Gasteiger partial charge in [-0.1, -0.05) is 64.8 Å². The Hall–Kier alpha value is -0.680. The fraction of sp³-hybridized carbons (Fsp3) is 0.867. The lowest BCUT2D eigenvalue weighted by atomic mass is 9.43. The summed E-state index contributed by atoms with van der Waals surface area (Å²) < 4.78 is 0. The zero-order chi connectivity index (χ0) is 25.3. The van der Waals surface area contributed by atoms with Crippen molar-refractivity contribution in [1.29, 1.82) is 0 Å². The maximum Gasteiger partial charge on any atom is 0.116 e. The summed E-state index contributed by atoms with van der Waals surface area (Å²) in [6.45, 7) is 17.9. The number of rotatable bonds is 5. The lowest BCUT2D eigenvalue weighted by molar-refractivity contribution is -0.297. The highest BCUT2D eigenvalue weighted by Crippen LogP contribution is 2.72. The molecule has 0 aromatic carbocycles. The van der Waals surface area contributed by atoms with Crippen molar-refractivity contribution in [2.45, 2.75) is 125 Å². The van der Waals surface area contributed by atoms with E-state index >= 15 is 0 Å². The van der Waals surface area contributed by atoms with Gasteiger partial charge in [-0.3, -0.25) is 5.26 Å². The molecule has 3 N–H and O–H groups in total. The zero-order valence-electron chi connectivity index (χ0n) is 22.9. The summed E-state index contributed by atoms with van der Waals surface area (Å²) in [4.78, 5) is 4.53. The van der Waals surface area contributed by atoms with Crippen molar-refractivity contribution in [3.05, 3.63) is 23.3 Å².